The van der Waals surface area contributed by atoms with Crippen LogP contribution in [-0.4, -0.2) is 36.1 Å². The van der Waals surface area contributed by atoms with Gasteiger partial charge in [0.25, 0.3) is 0 Å². The zero-order chi connectivity index (χ0) is 13.8. The van der Waals surface area contributed by atoms with E-state index in [0.29, 0.717) is 11.5 Å². The molecule has 4 heteroatoms. The molecule has 1 aliphatic heterocycles. The molecule has 0 atom stereocenters. The van der Waals surface area contributed by atoms with Crippen LogP contribution in [0, 0.1) is 0 Å². The van der Waals surface area contributed by atoms with Gasteiger partial charge in [0.2, 0.25) is 0 Å². The molecular formula is C15H24N2O2. The van der Waals surface area contributed by atoms with Crippen LogP contribution in [0.4, 0.5) is 0 Å². The van der Waals surface area contributed by atoms with Crippen molar-refractivity contribution in [2.75, 3.05) is 20.2 Å². The largest absolute Gasteiger partial charge is 0.465 e. The number of piperidine rings is 1. The summed E-state index contributed by atoms with van der Waals surface area (Å²) in [7, 11) is 1.43. The molecule has 0 unspecified atom stereocenters. The normalized spacial score (nSPS) is 16.8. The average Bonchev–Trinajstić information content (AvgIpc) is 2.83. The van der Waals surface area contributed by atoms with Crippen LogP contribution in [0.3, 0.4) is 0 Å². The molecule has 0 aliphatic carbocycles. The summed E-state index contributed by atoms with van der Waals surface area (Å²) in [6.45, 7) is 7.38. The summed E-state index contributed by atoms with van der Waals surface area (Å²) in [5.41, 5.74) is 2.79. The van der Waals surface area contributed by atoms with Crippen LogP contribution in [0.15, 0.2) is 6.07 Å². The fraction of sp³-hybridized carbons (Fsp3) is 0.667. The number of aromatic amines is 1. The maximum Gasteiger partial charge on any atom is 0.339 e. The molecule has 1 aliphatic rings. The van der Waals surface area contributed by atoms with Gasteiger partial charge >= 0.3 is 5.97 Å². The van der Waals surface area contributed by atoms with Gasteiger partial charge in [-0.25, -0.2) is 4.79 Å². The molecule has 0 saturated carbocycles. The number of likely N-dealkylation sites (tertiary alicyclic amines) is 1. The smallest absolute Gasteiger partial charge is 0.339 e. The van der Waals surface area contributed by atoms with Crippen molar-refractivity contribution in [2.45, 2.75) is 45.6 Å². The van der Waals surface area contributed by atoms with Crippen LogP contribution in [-0.2, 0) is 11.3 Å². The number of ether oxygens (including phenoxy) is 1. The molecule has 4 nitrogen and oxygen atoms in total. The SMILES string of the molecule is COC(=O)c1cc(CN2CCCCC2)[nH]c1C(C)C. The summed E-state index contributed by atoms with van der Waals surface area (Å²) in [6, 6.07) is 1.95. The van der Waals surface area contributed by atoms with Crippen molar-refractivity contribution < 1.29 is 9.53 Å². The third-order valence-electron chi connectivity index (χ3n) is 3.73. The second-order valence-electron chi connectivity index (χ2n) is 5.61. The van der Waals surface area contributed by atoms with Crippen molar-refractivity contribution in [1.29, 1.82) is 0 Å². The van der Waals surface area contributed by atoms with Crippen molar-refractivity contribution >= 4 is 5.97 Å². The van der Waals surface area contributed by atoms with E-state index in [4.69, 9.17) is 4.74 Å². The second-order valence-corrected chi connectivity index (χ2v) is 5.61. The molecule has 19 heavy (non-hydrogen) atoms. The highest BCUT2D eigenvalue weighted by Gasteiger charge is 2.19. The Morgan fingerprint density at radius 3 is 2.63 bits per heavy atom. The van der Waals surface area contributed by atoms with Gasteiger partial charge in [0.15, 0.2) is 0 Å². The summed E-state index contributed by atoms with van der Waals surface area (Å²) < 4.78 is 4.86. The topological polar surface area (TPSA) is 45.3 Å². The summed E-state index contributed by atoms with van der Waals surface area (Å²) in [4.78, 5) is 17.6. The van der Waals surface area contributed by atoms with Crippen LogP contribution in [0.2, 0.25) is 0 Å². The maximum atomic E-state index is 11.8. The van der Waals surface area contributed by atoms with E-state index in [1.807, 2.05) is 6.07 Å². The fourth-order valence-electron chi connectivity index (χ4n) is 2.71. The Morgan fingerprint density at radius 2 is 2.05 bits per heavy atom. The van der Waals surface area contributed by atoms with E-state index in [2.05, 4.69) is 23.7 Å². The molecule has 0 radical (unpaired) electrons. The molecule has 0 spiro atoms. The van der Waals surface area contributed by atoms with Crippen LogP contribution < -0.4 is 0 Å². The van der Waals surface area contributed by atoms with E-state index in [-0.39, 0.29) is 5.97 Å². The minimum atomic E-state index is -0.246. The number of esters is 1. The zero-order valence-electron chi connectivity index (χ0n) is 12.2. The van der Waals surface area contributed by atoms with Crippen LogP contribution in [0.1, 0.15) is 60.8 Å². The van der Waals surface area contributed by atoms with Crippen molar-refractivity contribution in [3.05, 3.63) is 23.0 Å². The van der Waals surface area contributed by atoms with Crippen LogP contribution in [0.5, 0.6) is 0 Å². The highest BCUT2D eigenvalue weighted by molar-refractivity contribution is 5.91. The molecule has 2 heterocycles. The molecule has 2 rings (SSSR count). The Bertz CT molecular complexity index is 431. The van der Waals surface area contributed by atoms with E-state index in [1.54, 1.807) is 0 Å². The lowest BCUT2D eigenvalue weighted by molar-refractivity contribution is 0.0599. The lowest BCUT2D eigenvalue weighted by atomic mass is 10.1. The van der Waals surface area contributed by atoms with Gasteiger partial charge in [-0.3, -0.25) is 4.90 Å². The highest BCUT2D eigenvalue weighted by atomic mass is 16.5. The number of nitrogens with zero attached hydrogens (tertiary/aromatic N) is 1. The predicted octanol–water partition coefficient (Wildman–Crippen LogP) is 2.91. The van der Waals surface area contributed by atoms with Crippen LogP contribution >= 0.6 is 0 Å². The Hall–Kier alpha value is -1.29. The lowest BCUT2D eigenvalue weighted by Crippen LogP contribution is -2.29. The minimum Gasteiger partial charge on any atom is -0.465 e. The molecule has 106 valence electrons. The van der Waals surface area contributed by atoms with Gasteiger partial charge in [-0.05, 0) is 37.9 Å². The molecule has 1 aromatic rings. The monoisotopic (exact) mass is 264 g/mol. The van der Waals surface area contributed by atoms with Gasteiger partial charge in [0.05, 0.1) is 12.7 Å². The van der Waals surface area contributed by atoms with Crippen molar-refractivity contribution in [3.63, 3.8) is 0 Å². The second kappa shape index (κ2) is 6.24. The first-order chi connectivity index (χ1) is 9.11. The summed E-state index contributed by atoms with van der Waals surface area (Å²) in [5.74, 6) is 0.0500. The van der Waals surface area contributed by atoms with E-state index >= 15 is 0 Å². The van der Waals surface area contributed by atoms with Gasteiger partial charge in [0, 0.05) is 17.9 Å². The van der Waals surface area contributed by atoms with Gasteiger partial charge in [-0.1, -0.05) is 20.3 Å². The molecular weight excluding hydrogens is 240 g/mol. The quantitative estimate of drug-likeness (QED) is 0.850. The Balaban J connectivity index is 2.14. The van der Waals surface area contributed by atoms with Crippen molar-refractivity contribution in [1.82, 2.24) is 9.88 Å². The van der Waals surface area contributed by atoms with E-state index in [1.165, 1.54) is 26.4 Å². The molecule has 1 aromatic heterocycles. The third kappa shape index (κ3) is 3.38. The van der Waals surface area contributed by atoms with E-state index in [0.717, 1.165) is 31.0 Å². The first kappa shape index (κ1) is 14.1. The van der Waals surface area contributed by atoms with Gasteiger partial charge in [0.1, 0.15) is 0 Å². The predicted molar refractivity (Wildman–Crippen MR) is 75.3 cm³/mol. The molecule has 1 saturated heterocycles. The Kier molecular flexibility index (Phi) is 4.64. The average molecular weight is 264 g/mol. The number of carbonyl (C=O) groups excluding carboxylic acids is 1. The Labute approximate surface area is 115 Å². The van der Waals surface area contributed by atoms with E-state index in [9.17, 15) is 4.79 Å². The number of rotatable bonds is 4. The minimum absolute atomic E-state index is 0.246. The highest BCUT2D eigenvalue weighted by Crippen LogP contribution is 2.22. The van der Waals surface area contributed by atoms with Gasteiger partial charge < -0.3 is 9.72 Å². The number of carbonyl (C=O) groups is 1. The first-order valence-electron chi connectivity index (χ1n) is 7.14. The van der Waals surface area contributed by atoms with Gasteiger partial charge in [-0.2, -0.15) is 0 Å². The molecule has 1 fully saturated rings. The van der Waals surface area contributed by atoms with Crippen molar-refractivity contribution in [2.24, 2.45) is 0 Å². The summed E-state index contributed by atoms with van der Waals surface area (Å²) in [5, 5.41) is 0. The first-order valence-corrected chi connectivity index (χ1v) is 7.14. The zero-order valence-corrected chi connectivity index (χ0v) is 12.2. The van der Waals surface area contributed by atoms with Gasteiger partial charge in [-0.15, -0.1) is 0 Å². The summed E-state index contributed by atoms with van der Waals surface area (Å²) >= 11 is 0. The fourth-order valence-corrected chi connectivity index (χ4v) is 2.71. The van der Waals surface area contributed by atoms with Crippen molar-refractivity contribution in [3.8, 4) is 0 Å². The number of methoxy groups -OCH3 is 1. The molecule has 1 N–H and O–H groups in total. The standard InChI is InChI=1S/C15H24N2O2/c1-11(2)14-13(15(18)19-3)9-12(16-14)10-17-7-5-4-6-8-17/h9,11,16H,4-8,10H2,1-3H3. The van der Waals surface area contributed by atoms with E-state index < -0.39 is 0 Å². The summed E-state index contributed by atoms with van der Waals surface area (Å²) in [6.07, 6.45) is 3.90. The number of H-pyrrole nitrogens is 1. The number of aromatic nitrogens is 1. The van der Waals surface area contributed by atoms with Crippen LogP contribution in [0.25, 0.3) is 0 Å². The third-order valence-corrected chi connectivity index (χ3v) is 3.73. The Morgan fingerprint density at radius 1 is 1.37 bits per heavy atom. The molecule has 0 bridgehead atoms. The number of hydrogen-bond acceptors (Lipinski definition) is 3. The number of nitrogens with one attached hydrogen (secondary N) is 1. The number of hydrogen-bond donors (Lipinski definition) is 1. The maximum absolute atomic E-state index is 11.8. The molecule has 0 amide bonds. The molecule has 0 aromatic carbocycles. The lowest BCUT2D eigenvalue weighted by Gasteiger charge is -2.25.